The standard InChI is InChI=1S/C27H31B2N3/c1-24(2,3)16-12-14-10-11-32-22-18-17(25(4,5)27(8,9)26(18,6)7)19(28)20(29)21(22)31-23(32)15(14)13-30-16/h10-13H,1-9H3. The molecule has 0 saturated carbocycles. The summed E-state index contributed by atoms with van der Waals surface area (Å²) in [4.78, 5) is 9.83. The van der Waals surface area contributed by atoms with Gasteiger partial charge >= 0.3 is 0 Å². The second-order valence-electron chi connectivity index (χ2n) is 12.2. The molecule has 1 aliphatic carbocycles. The maximum Gasteiger partial charge on any atom is 0.147 e. The van der Waals surface area contributed by atoms with Crippen molar-refractivity contribution in [2.24, 2.45) is 5.41 Å². The maximum atomic E-state index is 6.73. The van der Waals surface area contributed by atoms with Crippen molar-refractivity contribution in [3.8, 4) is 0 Å². The van der Waals surface area contributed by atoms with Crippen molar-refractivity contribution >= 4 is 54.1 Å². The van der Waals surface area contributed by atoms with Gasteiger partial charge in [-0.1, -0.05) is 73.2 Å². The summed E-state index contributed by atoms with van der Waals surface area (Å²) in [5.74, 6) is 0. The largest absolute Gasteiger partial charge is 0.299 e. The van der Waals surface area contributed by atoms with E-state index in [0.29, 0.717) is 10.9 Å². The monoisotopic (exact) mass is 419 g/mol. The summed E-state index contributed by atoms with van der Waals surface area (Å²) in [6, 6.07) is 4.34. The summed E-state index contributed by atoms with van der Waals surface area (Å²) in [7, 11) is 13.4. The highest BCUT2D eigenvalue weighted by Crippen LogP contribution is 2.62. The molecular formula is C27H31B2N3. The number of aromatic nitrogens is 3. The van der Waals surface area contributed by atoms with Gasteiger partial charge in [0.2, 0.25) is 0 Å². The van der Waals surface area contributed by atoms with E-state index in [4.69, 9.17) is 25.7 Å². The van der Waals surface area contributed by atoms with Gasteiger partial charge in [0.25, 0.3) is 0 Å². The Balaban J connectivity index is 1.98. The van der Waals surface area contributed by atoms with Crippen LogP contribution in [0.25, 0.3) is 27.5 Å². The Hall–Kier alpha value is -2.29. The van der Waals surface area contributed by atoms with E-state index < -0.39 is 0 Å². The van der Waals surface area contributed by atoms with Crippen molar-refractivity contribution in [2.45, 2.75) is 78.6 Å². The van der Waals surface area contributed by atoms with Gasteiger partial charge in [0, 0.05) is 28.9 Å². The van der Waals surface area contributed by atoms with E-state index in [1.54, 1.807) is 0 Å². The molecule has 3 aromatic heterocycles. The predicted octanol–water partition coefficient (Wildman–Crippen LogP) is 4.52. The highest BCUT2D eigenvalue weighted by atomic mass is 15.0. The lowest BCUT2D eigenvalue weighted by Crippen LogP contribution is -2.44. The Morgan fingerprint density at radius 1 is 0.906 bits per heavy atom. The first kappa shape index (κ1) is 21.6. The van der Waals surface area contributed by atoms with Crippen molar-refractivity contribution in [3.05, 3.63) is 41.3 Å². The molecule has 0 spiro atoms. The van der Waals surface area contributed by atoms with Crippen LogP contribution in [0.4, 0.5) is 0 Å². The van der Waals surface area contributed by atoms with Crippen LogP contribution < -0.4 is 10.9 Å². The molecule has 1 aromatic carbocycles. The third kappa shape index (κ3) is 2.35. The van der Waals surface area contributed by atoms with Crippen LogP contribution in [-0.4, -0.2) is 30.1 Å². The van der Waals surface area contributed by atoms with Crippen LogP contribution in [0.1, 0.15) is 79.1 Å². The SMILES string of the molecule is [B]c1c2c(c3c(nc4c5cnc(C(C)(C)C)cc5ccn43)c1[B])C(C)(C)C(C)(C)C2(C)C. The third-order valence-corrected chi connectivity index (χ3v) is 8.94. The average Bonchev–Trinajstić information content (AvgIpc) is 3.12. The van der Waals surface area contributed by atoms with Crippen LogP contribution in [0.15, 0.2) is 24.5 Å². The molecule has 3 heterocycles. The van der Waals surface area contributed by atoms with Gasteiger partial charge in [0.05, 0.1) is 11.0 Å². The fourth-order valence-electron chi connectivity index (χ4n) is 5.73. The molecule has 0 amide bonds. The molecule has 0 atom stereocenters. The van der Waals surface area contributed by atoms with Gasteiger partial charge < -0.3 is 0 Å². The molecule has 5 rings (SSSR count). The molecule has 4 aromatic rings. The van der Waals surface area contributed by atoms with Gasteiger partial charge in [-0.3, -0.25) is 9.38 Å². The number of hydrogen-bond acceptors (Lipinski definition) is 2. The fourth-order valence-corrected chi connectivity index (χ4v) is 5.73. The number of fused-ring (bicyclic) bond motifs is 7. The van der Waals surface area contributed by atoms with Crippen LogP contribution in [0.2, 0.25) is 0 Å². The van der Waals surface area contributed by atoms with E-state index in [2.05, 4.69) is 85.0 Å². The Labute approximate surface area is 193 Å². The Kier molecular flexibility index (Phi) is 4.03. The van der Waals surface area contributed by atoms with Crippen molar-refractivity contribution in [2.75, 3.05) is 0 Å². The number of nitrogens with zero attached hydrogens (tertiary/aromatic N) is 3. The van der Waals surface area contributed by atoms with Gasteiger partial charge in [-0.15, -0.1) is 0 Å². The number of rotatable bonds is 0. The van der Waals surface area contributed by atoms with E-state index in [1.807, 2.05) is 6.20 Å². The van der Waals surface area contributed by atoms with Gasteiger partial charge in [0.15, 0.2) is 0 Å². The molecule has 0 N–H and O–H groups in total. The molecule has 1 aliphatic rings. The molecule has 32 heavy (non-hydrogen) atoms. The third-order valence-electron chi connectivity index (χ3n) is 8.94. The summed E-state index contributed by atoms with van der Waals surface area (Å²) >= 11 is 0. The zero-order valence-corrected chi connectivity index (χ0v) is 20.8. The molecule has 0 saturated heterocycles. The van der Waals surface area contributed by atoms with Gasteiger partial charge in [0.1, 0.15) is 21.3 Å². The van der Waals surface area contributed by atoms with E-state index in [1.165, 1.54) is 11.1 Å². The second kappa shape index (κ2) is 5.98. The van der Waals surface area contributed by atoms with Crippen molar-refractivity contribution < 1.29 is 0 Å². The molecule has 160 valence electrons. The minimum absolute atomic E-state index is 0.0126. The first-order valence-corrected chi connectivity index (χ1v) is 11.4. The number of imidazole rings is 1. The first-order valence-electron chi connectivity index (χ1n) is 11.4. The molecule has 4 radical (unpaired) electrons. The van der Waals surface area contributed by atoms with Crippen LogP contribution in [-0.2, 0) is 16.2 Å². The summed E-state index contributed by atoms with van der Waals surface area (Å²) < 4.78 is 2.20. The zero-order valence-electron chi connectivity index (χ0n) is 20.8. The highest BCUT2D eigenvalue weighted by molar-refractivity contribution is 6.53. The average molecular weight is 419 g/mol. The van der Waals surface area contributed by atoms with Crippen molar-refractivity contribution in [1.82, 2.24) is 14.4 Å². The molecule has 0 aliphatic heterocycles. The second-order valence-corrected chi connectivity index (χ2v) is 12.2. The van der Waals surface area contributed by atoms with Crippen LogP contribution in [0, 0.1) is 5.41 Å². The summed E-state index contributed by atoms with van der Waals surface area (Å²) in [6.07, 6.45) is 4.08. The van der Waals surface area contributed by atoms with Gasteiger partial charge in [-0.05, 0) is 44.9 Å². The quantitative estimate of drug-likeness (QED) is 0.393. The number of benzene rings is 1. The summed E-state index contributed by atoms with van der Waals surface area (Å²) in [6.45, 7) is 20.5. The summed E-state index contributed by atoms with van der Waals surface area (Å²) in [5.41, 5.74) is 7.20. The van der Waals surface area contributed by atoms with E-state index in [-0.39, 0.29) is 21.7 Å². The molecular weight excluding hydrogens is 388 g/mol. The topological polar surface area (TPSA) is 30.2 Å². The predicted molar refractivity (Wildman–Crippen MR) is 137 cm³/mol. The molecule has 3 nitrogen and oxygen atoms in total. The Morgan fingerprint density at radius 3 is 2.16 bits per heavy atom. The lowest BCUT2D eigenvalue weighted by molar-refractivity contribution is 0.126. The lowest BCUT2D eigenvalue weighted by atomic mass is 9.58. The maximum absolute atomic E-state index is 6.73. The Bertz CT molecular complexity index is 1450. The minimum atomic E-state index is -0.137. The van der Waals surface area contributed by atoms with Crippen molar-refractivity contribution in [3.63, 3.8) is 0 Å². The zero-order chi connectivity index (χ0) is 23.6. The van der Waals surface area contributed by atoms with Gasteiger partial charge in [-0.25, -0.2) is 4.98 Å². The van der Waals surface area contributed by atoms with Gasteiger partial charge in [-0.2, -0.15) is 0 Å². The van der Waals surface area contributed by atoms with E-state index in [9.17, 15) is 0 Å². The van der Waals surface area contributed by atoms with Crippen molar-refractivity contribution in [1.29, 1.82) is 0 Å². The normalized spacial score (nSPS) is 19.2. The molecule has 0 fully saturated rings. The van der Waals surface area contributed by atoms with Crippen LogP contribution in [0.5, 0.6) is 0 Å². The molecule has 5 heteroatoms. The number of pyridine rings is 2. The van der Waals surface area contributed by atoms with Crippen LogP contribution in [0.3, 0.4) is 0 Å². The summed E-state index contributed by atoms with van der Waals surface area (Å²) in [5, 5.41) is 2.16. The van der Waals surface area contributed by atoms with E-state index in [0.717, 1.165) is 33.1 Å². The molecule has 0 unspecified atom stereocenters. The molecule has 0 bridgehead atoms. The smallest absolute Gasteiger partial charge is 0.147 e. The van der Waals surface area contributed by atoms with Crippen LogP contribution >= 0.6 is 0 Å². The number of hydrogen-bond donors (Lipinski definition) is 0. The first-order chi connectivity index (χ1) is 14.6. The highest BCUT2D eigenvalue weighted by Gasteiger charge is 2.58. The Morgan fingerprint density at radius 2 is 1.53 bits per heavy atom. The van der Waals surface area contributed by atoms with E-state index >= 15 is 0 Å². The lowest BCUT2D eigenvalue weighted by Gasteiger charge is -2.44. The minimum Gasteiger partial charge on any atom is -0.299 e. The fraction of sp³-hybridized carbons (Fsp3) is 0.481.